The number of nitrogens with zero attached hydrogens (tertiary/aromatic N) is 5. The van der Waals surface area contributed by atoms with E-state index in [-0.39, 0.29) is 36.4 Å². The normalized spacial score (nSPS) is 14.3. The van der Waals surface area contributed by atoms with Crippen molar-refractivity contribution in [1.29, 1.82) is 0 Å². The molecule has 1 aromatic heterocycles. The van der Waals surface area contributed by atoms with Gasteiger partial charge in [-0.1, -0.05) is 29.8 Å². The molecule has 3 rings (SSSR count). The molecule has 164 valence electrons. The van der Waals surface area contributed by atoms with Crippen LogP contribution in [0, 0.1) is 0 Å². The number of hydrogen-bond acceptors (Lipinski definition) is 3. The molecule has 0 aliphatic carbocycles. The number of halogens is 2. The summed E-state index contributed by atoms with van der Waals surface area (Å²) >= 11 is 6.06. The first kappa shape index (κ1) is 24.3. The summed E-state index contributed by atoms with van der Waals surface area (Å²) in [7, 11) is 5.63. The van der Waals surface area contributed by atoms with Crippen LogP contribution in [-0.4, -0.2) is 73.1 Å². The van der Waals surface area contributed by atoms with Gasteiger partial charge in [-0.2, -0.15) is 0 Å². The van der Waals surface area contributed by atoms with E-state index in [0.717, 1.165) is 31.9 Å². The molecule has 1 amide bonds. The molecule has 1 N–H and O–H groups in total. The molecule has 2 aromatic rings. The van der Waals surface area contributed by atoms with Gasteiger partial charge in [-0.15, -0.1) is 24.0 Å². The summed E-state index contributed by atoms with van der Waals surface area (Å²) in [6.07, 6.45) is 1.87. The van der Waals surface area contributed by atoms with Gasteiger partial charge in [0.2, 0.25) is 5.91 Å². The number of para-hydroxylation sites is 1. The minimum absolute atomic E-state index is 0. The van der Waals surface area contributed by atoms with Crippen molar-refractivity contribution in [2.24, 2.45) is 12.0 Å². The fourth-order valence-corrected chi connectivity index (χ4v) is 3.82. The van der Waals surface area contributed by atoms with Crippen molar-refractivity contribution in [3.63, 3.8) is 0 Å². The molecule has 1 saturated heterocycles. The minimum atomic E-state index is 0. The van der Waals surface area contributed by atoms with Crippen molar-refractivity contribution >= 4 is 53.1 Å². The first-order valence-electron chi connectivity index (χ1n) is 9.78. The Labute approximate surface area is 200 Å². The number of carbonyl (C=O) groups is 1. The third-order valence-electron chi connectivity index (χ3n) is 5.20. The smallest absolute Gasteiger partial charge is 0.242 e. The van der Waals surface area contributed by atoms with E-state index < -0.39 is 0 Å². The summed E-state index contributed by atoms with van der Waals surface area (Å²) in [5.74, 6) is 0.771. The third kappa shape index (κ3) is 6.28. The Bertz CT molecular complexity index is 848. The molecule has 0 radical (unpaired) electrons. The molecule has 0 saturated carbocycles. The van der Waals surface area contributed by atoms with Crippen LogP contribution in [0.4, 0.5) is 5.69 Å². The van der Waals surface area contributed by atoms with E-state index in [0.29, 0.717) is 17.5 Å². The summed E-state index contributed by atoms with van der Waals surface area (Å²) in [5.41, 5.74) is 2.28. The second-order valence-electron chi connectivity index (χ2n) is 7.22. The third-order valence-corrected chi connectivity index (χ3v) is 5.41. The first-order chi connectivity index (χ1) is 14.0. The van der Waals surface area contributed by atoms with Crippen LogP contribution in [0.25, 0.3) is 0 Å². The monoisotopic (exact) mass is 544 g/mol. The van der Waals surface area contributed by atoms with Gasteiger partial charge in [-0.05, 0) is 18.2 Å². The van der Waals surface area contributed by atoms with Gasteiger partial charge in [0.1, 0.15) is 0 Å². The lowest BCUT2D eigenvalue weighted by molar-refractivity contribution is -0.130. The Morgan fingerprint density at radius 3 is 2.43 bits per heavy atom. The van der Waals surface area contributed by atoms with E-state index in [4.69, 9.17) is 11.6 Å². The molecule has 2 heterocycles. The summed E-state index contributed by atoms with van der Waals surface area (Å²) in [5, 5.41) is 3.90. The number of aryl methyl sites for hydroxylation is 1. The molecule has 0 unspecified atom stereocenters. The van der Waals surface area contributed by atoms with Crippen molar-refractivity contribution in [1.82, 2.24) is 19.7 Å². The van der Waals surface area contributed by atoms with Crippen LogP contribution in [-0.2, 0) is 18.4 Å². The molecule has 0 atom stereocenters. The fraction of sp³-hybridized carbons (Fsp3) is 0.429. The van der Waals surface area contributed by atoms with Crippen LogP contribution in [0.3, 0.4) is 0 Å². The topological polar surface area (TPSA) is 56.1 Å². The summed E-state index contributed by atoms with van der Waals surface area (Å²) in [6, 6.07) is 12.3. The van der Waals surface area contributed by atoms with Crippen LogP contribution in [0.1, 0.15) is 5.69 Å². The Balaban J connectivity index is 0.00000320. The van der Waals surface area contributed by atoms with Gasteiger partial charge in [0.05, 0.1) is 18.1 Å². The lowest BCUT2D eigenvalue weighted by atomic mass is 10.2. The predicted molar refractivity (Wildman–Crippen MR) is 134 cm³/mol. The number of carbonyl (C=O) groups excluding carboxylic acids is 1. The lowest BCUT2D eigenvalue weighted by Crippen LogP contribution is -2.52. The number of hydrogen-bond donors (Lipinski definition) is 1. The lowest BCUT2D eigenvalue weighted by Gasteiger charge is -2.36. The SMILES string of the molecule is CN=C(NCC(=O)N1CCN(c2ccccc2)CC1)N(C)Cc1cc(Cl)cn1C.I. The number of nitrogens with one attached hydrogen (secondary N) is 1. The van der Waals surface area contributed by atoms with E-state index in [1.165, 1.54) is 5.69 Å². The molecule has 1 fully saturated rings. The van der Waals surface area contributed by atoms with Crippen molar-refractivity contribution in [2.75, 3.05) is 51.7 Å². The van der Waals surface area contributed by atoms with Gasteiger partial charge in [0.15, 0.2) is 5.96 Å². The number of amides is 1. The maximum atomic E-state index is 12.6. The Kier molecular flexibility index (Phi) is 9.29. The van der Waals surface area contributed by atoms with Crippen molar-refractivity contribution in [3.05, 3.63) is 53.3 Å². The van der Waals surface area contributed by atoms with Crippen molar-refractivity contribution in [3.8, 4) is 0 Å². The zero-order valence-corrected chi connectivity index (χ0v) is 20.8. The molecule has 7 nitrogen and oxygen atoms in total. The molecule has 9 heteroatoms. The predicted octanol–water partition coefficient (Wildman–Crippen LogP) is 2.65. The largest absolute Gasteiger partial charge is 0.368 e. The molecule has 0 bridgehead atoms. The van der Waals surface area contributed by atoms with Crippen LogP contribution in [0.5, 0.6) is 0 Å². The van der Waals surface area contributed by atoms with Crippen LogP contribution in [0.2, 0.25) is 5.02 Å². The maximum absolute atomic E-state index is 12.6. The van der Waals surface area contributed by atoms with Crippen molar-refractivity contribution < 1.29 is 4.79 Å². The van der Waals surface area contributed by atoms with Gasteiger partial charge in [-0.3, -0.25) is 9.79 Å². The van der Waals surface area contributed by atoms with E-state index in [9.17, 15) is 4.79 Å². The summed E-state index contributed by atoms with van der Waals surface area (Å²) in [6.45, 7) is 4.03. The Morgan fingerprint density at radius 2 is 1.87 bits per heavy atom. The number of benzene rings is 1. The van der Waals surface area contributed by atoms with E-state index >= 15 is 0 Å². The van der Waals surface area contributed by atoms with E-state index in [2.05, 4.69) is 27.3 Å². The number of anilines is 1. The van der Waals surface area contributed by atoms with Gasteiger partial charge in [-0.25, -0.2) is 0 Å². The van der Waals surface area contributed by atoms with Gasteiger partial charge in [0, 0.05) is 64.9 Å². The standard InChI is InChI=1S/C21H29ClN6O.HI/c1-23-21(26(3)16-19-13-17(22)15-25(19)2)24-14-20(29)28-11-9-27(10-12-28)18-7-5-4-6-8-18;/h4-8,13,15H,9-12,14,16H2,1-3H3,(H,23,24);1H. The molecule has 1 aromatic carbocycles. The molecular formula is C21H30ClIN6O. The zero-order chi connectivity index (χ0) is 20.8. The molecule has 0 spiro atoms. The maximum Gasteiger partial charge on any atom is 0.242 e. The quantitative estimate of drug-likeness (QED) is 0.357. The number of rotatable bonds is 5. The first-order valence-corrected chi connectivity index (χ1v) is 10.2. The average molecular weight is 545 g/mol. The molecular weight excluding hydrogens is 515 g/mol. The number of guanidine groups is 1. The number of aromatic nitrogens is 1. The highest BCUT2D eigenvalue weighted by atomic mass is 127. The Hall–Kier alpha value is -1.94. The van der Waals surface area contributed by atoms with E-state index in [1.807, 2.05) is 58.9 Å². The fourth-order valence-electron chi connectivity index (χ4n) is 3.55. The van der Waals surface area contributed by atoms with Crippen LogP contribution < -0.4 is 10.2 Å². The van der Waals surface area contributed by atoms with Gasteiger partial charge < -0.3 is 24.6 Å². The highest BCUT2D eigenvalue weighted by Crippen LogP contribution is 2.16. The number of piperazine rings is 1. The second-order valence-corrected chi connectivity index (χ2v) is 7.66. The van der Waals surface area contributed by atoms with Gasteiger partial charge in [0.25, 0.3) is 0 Å². The van der Waals surface area contributed by atoms with E-state index in [1.54, 1.807) is 7.05 Å². The second kappa shape index (κ2) is 11.5. The minimum Gasteiger partial charge on any atom is -0.368 e. The molecule has 1 aliphatic heterocycles. The summed E-state index contributed by atoms with van der Waals surface area (Å²) < 4.78 is 1.99. The zero-order valence-electron chi connectivity index (χ0n) is 17.7. The average Bonchev–Trinajstić information content (AvgIpc) is 3.05. The highest BCUT2D eigenvalue weighted by molar-refractivity contribution is 14.0. The van der Waals surface area contributed by atoms with Crippen LogP contribution >= 0.6 is 35.6 Å². The highest BCUT2D eigenvalue weighted by Gasteiger charge is 2.21. The number of aliphatic imine (C=N–C) groups is 1. The Morgan fingerprint density at radius 1 is 1.20 bits per heavy atom. The van der Waals surface area contributed by atoms with Gasteiger partial charge >= 0.3 is 0 Å². The van der Waals surface area contributed by atoms with Crippen molar-refractivity contribution in [2.45, 2.75) is 6.54 Å². The molecule has 30 heavy (non-hydrogen) atoms. The molecule has 1 aliphatic rings. The van der Waals surface area contributed by atoms with Crippen LogP contribution in [0.15, 0.2) is 47.6 Å². The summed E-state index contributed by atoms with van der Waals surface area (Å²) in [4.78, 5) is 23.2.